The molecule has 3 N–H and O–H groups in total. The number of esters is 1. The molecule has 0 spiro atoms. The van der Waals surface area contributed by atoms with Crippen molar-refractivity contribution in [1.29, 1.82) is 0 Å². The number of hydrogen-bond acceptors (Lipinski definition) is 5. The van der Waals surface area contributed by atoms with Crippen LogP contribution < -0.4 is 5.73 Å². The van der Waals surface area contributed by atoms with Gasteiger partial charge in [-0.3, -0.25) is 9.59 Å². The summed E-state index contributed by atoms with van der Waals surface area (Å²) < 4.78 is 10.6. The number of hydrogen-bond donors (Lipinski definition) is 2. The fourth-order valence-electron chi connectivity index (χ4n) is 3.74. The molecule has 1 aliphatic carbocycles. The Morgan fingerprint density at radius 1 is 1.00 bits per heavy atom. The molecular formula is C22H19NO5. The van der Waals surface area contributed by atoms with Crippen molar-refractivity contribution in [1.82, 2.24) is 0 Å². The highest BCUT2D eigenvalue weighted by atomic mass is 16.5. The molecule has 6 nitrogen and oxygen atoms in total. The van der Waals surface area contributed by atoms with Crippen LogP contribution in [0.25, 0.3) is 11.1 Å². The zero-order chi connectivity index (χ0) is 19.7. The first kappa shape index (κ1) is 18.0. The Balaban J connectivity index is 1.55. The molecule has 1 aromatic heterocycles. The predicted molar refractivity (Wildman–Crippen MR) is 101 cm³/mol. The van der Waals surface area contributed by atoms with Gasteiger partial charge in [-0.1, -0.05) is 48.5 Å². The van der Waals surface area contributed by atoms with Gasteiger partial charge in [-0.25, -0.2) is 0 Å². The molecule has 142 valence electrons. The third-order valence-electron chi connectivity index (χ3n) is 5.11. The molecule has 0 saturated heterocycles. The van der Waals surface area contributed by atoms with Gasteiger partial charge in [0.25, 0.3) is 0 Å². The van der Waals surface area contributed by atoms with E-state index in [0.717, 1.165) is 22.3 Å². The summed E-state index contributed by atoms with van der Waals surface area (Å²) in [4.78, 5) is 24.2. The molecule has 0 radical (unpaired) electrons. The third-order valence-corrected chi connectivity index (χ3v) is 5.11. The van der Waals surface area contributed by atoms with Crippen molar-refractivity contribution in [2.45, 2.75) is 12.0 Å². The van der Waals surface area contributed by atoms with Gasteiger partial charge in [-0.15, -0.1) is 0 Å². The van der Waals surface area contributed by atoms with E-state index < -0.39 is 23.9 Å². The molecule has 1 aliphatic rings. The van der Waals surface area contributed by atoms with Crippen LogP contribution in [0.3, 0.4) is 0 Å². The lowest BCUT2D eigenvalue weighted by Crippen LogP contribution is -2.36. The number of aliphatic carboxylic acids is 1. The number of fused-ring (bicyclic) bond motifs is 3. The van der Waals surface area contributed by atoms with E-state index in [4.69, 9.17) is 14.9 Å². The summed E-state index contributed by atoms with van der Waals surface area (Å²) in [5.41, 5.74) is 10.3. The van der Waals surface area contributed by atoms with E-state index in [1.165, 1.54) is 12.3 Å². The lowest BCUT2D eigenvalue weighted by Gasteiger charge is -2.19. The molecule has 28 heavy (non-hydrogen) atoms. The molecule has 0 fully saturated rings. The van der Waals surface area contributed by atoms with Crippen LogP contribution in [0.4, 0.5) is 0 Å². The monoisotopic (exact) mass is 377 g/mol. The normalized spacial score (nSPS) is 14.8. The van der Waals surface area contributed by atoms with E-state index in [1.807, 2.05) is 48.5 Å². The van der Waals surface area contributed by atoms with Gasteiger partial charge in [-0.2, -0.15) is 0 Å². The minimum atomic E-state index is -1.54. The van der Waals surface area contributed by atoms with Crippen LogP contribution in [0, 0.1) is 5.92 Å². The van der Waals surface area contributed by atoms with Gasteiger partial charge in [-0.05, 0) is 34.4 Å². The SMILES string of the molecule is NC(c1ccco1)[C@@H](C(=O)O)C(=O)OCC1c2ccccc2-c2ccccc21. The van der Waals surface area contributed by atoms with E-state index in [2.05, 4.69) is 0 Å². The fourth-order valence-corrected chi connectivity index (χ4v) is 3.74. The Kier molecular flexibility index (Phi) is 4.71. The standard InChI is InChI=1S/C22H19NO5/c23-20(18-10-5-11-27-18)19(21(24)25)22(26)28-12-17-15-8-3-1-6-13(15)14-7-2-4-9-16(14)17/h1-11,17,19-20H,12,23H2,(H,24,25)/t19-,20?/m0/s1. The van der Waals surface area contributed by atoms with Crippen LogP contribution in [0.1, 0.15) is 28.8 Å². The Labute approximate surface area is 161 Å². The van der Waals surface area contributed by atoms with Gasteiger partial charge in [0.15, 0.2) is 5.92 Å². The highest BCUT2D eigenvalue weighted by molar-refractivity contribution is 5.95. The highest BCUT2D eigenvalue weighted by Gasteiger charge is 2.38. The van der Waals surface area contributed by atoms with E-state index in [0.29, 0.717) is 0 Å². The van der Waals surface area contributed by atoms with Crippen LogP contribution >= 0.6 is 0 Å². The van der Waals surface area contributed by atoms with Crippen molar-refractivity contribution in [2.24, 2.45) is 11.7 Å². The van der Waals surface area contributed by atoms with E-state index in [9.17, 15) is 14.7 Å². The van der Waals surface area contributed by atoms with Crippen LogP contribution in [-0.4, -0.2) is 23.7 Å². The minimum Gasteiger partial charge on any atom is -0.481 e. The number of furan rings is 1. The lowest BCUT2D eigenvalue weighted by atomic mass is 9.97. The molecule has 0 amide bonds. The van der Waals surface area contributed by atoms with E-state index in [-0.39, 0.29) is 18.3 Å². The zero-order valence-electron chi connectivity index (χ0n) is 14.9. The quantitative estimate of drug-likeness (QED) is 0.504. The minimum absolute atomic E-state index is 0.0432. The van der Waals surface area contributed by atoms with Gasteiger partial charge in [0.1, 0.15) is 12.4 Å². The van der Waals surface area contributed by atoms with Crippen molar-refractivity contribution in [3.05, 3.63) is 83.8 Å². The van der Waals surface area contributed by atoms with Crippen molar-refractivity contribution in [3.8, 4) is 11.1 Å². The first-order chi connectivity index (χ1) is 13.6. The molecule has 0 aliphatic heterocycles. The Hall–Kier alpha value is -3.38. The summed E-state index contributed by atoms with van der Waals surface area (Å²) in [6, 6.07) is 17.9. The van der Waals surface area contributed by atoms with Crippen LogP contribution in [0.2, 0.25) is 0 Å². The van der Waals surface area contributed by atoms with Crippen molar-refractivity contribution in [2.75, 3.05) is 6.61 Å². The number of carboxylic acids is 1. The van der Waals surface area contributed by atoms with Gasteiger partial charge in [0, 0.05) is 5.92 Å². The maximum absolute atomic E-state index is 12.6. The van der Waals surface area contributed by atoms with E-state index in [1.54, 1.807) is 6.07 Å². The molecule has 1 unspecified atom stereocenters. The maximum atomic E-state index is 12.6. The molecular weight excluding hydrogens is 358 g/mol. The third kappa shape index (κ3) is 3.08. The summed E-state index contributed by atoms with van der Waals surface area (Å²) in [5, 5.41) is 9.50. The van der Waals surface area contributed by atoms with E-state index >= 15 is 0 Å². The number of carboxylic acid groups (broad SMARTS) is 1. The maximum Gasteiger partial charge on any atom is 0.322 e. The molecule has 6 heteroatoms. The number of ether oxygens (including phenoxy) is 1. The second kappa shape index (κ2) is 7.32. The number of carbonyl (C=O) groups is 2. The number of rotatable bonds is 6. The Morgan fingerprint density at radius 3 is 2.14 bits per heavy atom. The topological polar surface area (TPSA) is 103 Å². The first-order valence-corrected chi connectivity index (χ1v) is 8.94. The zero-order valence-corrected chi connectivity index (χ0v) is 14.9. The predicted octanol–water partition coefficient (Wildman–Crippen LogP) is 3.34. The molecule has 4 rings (SSSR count). The summed E-state index contributed by atoms with van der Waals surface area (Å²) in [6.45, 7) is 0.0432. The molecule has 2 aromatic carbocycles. The summed E-state index contributed by atoms with van der Waals surface area (Å²) >= 11 is 0. The molecule has 0 saturated carbocycles. The van der Waals surface area contributed by atoms with Gasteiger partial charge in [0.05, 0.1) is 12.3 Å². The largest absolute Gasteiger partial charge is 0.481 e. The Morgan fingerprint density at radius 2 is 1.61 bits per heavy atom. The number of nitrogens with two attached hydrogens (primary N) is 1. The van der Waals surface area contributed by atoms with Gasteiger partial charge >= 0.3 is 11.9 Å². The second-order valence-electron chi connectivity index (χ2n) is 6.71. The summed E-state index contributed by atoms with van der Waals surface area (Å²) in [7, 11) is 0. The summed E-state index contributed by atoms with van der Waals surface area (Å²) in [6.07, 6.45) is 1.38. The molecule has 3 aromatic rings. The fraction of sp³-hybridized carbons (Fsp3) is 0.182. The molecule has 2 atom stereocenters. The van der Waals surface area contributed by atoms with Crippen molar-refractivity contribution in [3.63, 3.8) is 0 Å². The van der Waals surface area contributed by atoms with Crippen LogP contribution in [0.15, 0.2) is 71.3 Å². The van der Waals surface area contributed by atoms with Gasteiger partial charge < -0.3 is 20.0 Å². The lowest BCUT2D eigenvalue weighted by molar-refractivity contribution is -0.160. The summed E-state index contributed by atoms with van der Waals surface area (Å²) in [5.74, 6) is -3.69. The van der Waals surface area contributed by atoms with Crippen LogP contribution in [0.5, 0.6) is 0 Å². The average Bonchev–Trinajstić information content (AvgIpc) is 3.33. The van der Waals surface area contributed by atoms with Crippen molar-refractivity contribution >= 4 is 11.9 Å². The highest BCUT2D eigenvalue weighted by Crippen LogP contribution is 2.44. The number of carbonyl (C=O) groups excluding carboxylic acids is 1. The molecule has 1 heterocycles. The van der Waals surface area contributed by atoms with Crippen molar-refractivity contribution < 1.29 is 23.8 Å². The molecule has 0 bridgehead atoms. The number of benzene rings is 2. The van der Waals surface area contributed by atoms with Gasteiger partial charge in [0.2, 0.25) is 0 Å². The first-order valence-electron chi connectivity index (χ1n) is 8.94. The average molecular weight is 377 g/mol. The smallest absolute Gasteiger partial charge is 0.322 e. The second-order valence-corrected chi connectivity index (χ2v) is 6.71. The van der Waals surface area contributed by atoms with Crippen LogP contribution in [-0.2, 0) is 14.3 Å². The Bertz CT molecular complexity index is 966.